The van der Waals surface area contributed by atoms with Crippen LogP contribution in [-0.2, 0) is 16.1 Å². The Kier molecular flexibility index (Phi) is 4.36. The van der Waals surface area contributed by atoms with E-state index in [4.69, 9.17) is 4.42 Å². The minimum Gasteiger partial charge on any atom is -0.469 e. The molecule has 2 aromatic rings. The molecule has 0 aliphatic carbocycles. The van der Waals surface area contributed by atoms with Gasteiger partial charge in [0.2, 0.25) is 0 Å². The summed E-state index contributed by atoms with van der Waals surface area (Å²) in [5, 5.41) is 4.43. The van der Waals surface area contributed by atoms with Crippen LogP contribution in [-0.4, -0.2) is 19.6 Å². The summed E-state index contributed by atoms with van der Waals surface area (Å²) in [7, 11) is 1.41. The molecule has 0 bridgehead atoms. The smallest absolute Gasteiger partial charge is 0.305 e. The molecule has 0 radical (unpaired) electrons. The third-order valence-corrected chi connectivity index (χ3v) is 2.84. The number of carbonyl (C=O) groups is 1. The van der Waals surface area contributed by atoms with E-state index in [1.165, 1.54) is 7.11 Å². The van der Waals surface area contributed by atoms with E-state index in [1.807, 2.05) is 24.3 Å². The number of carbonyl (C=O) groups excluding carboxylic acids is 1. The monoisotopic (exact) mass is 247 g/mol. The highest BCUT2D eigenvalue weighted by Gasteiger charge is 2.04. The summed E-state index contributed by atoms with van der Waals surface area (Å²) in [5.41, 5.74) is 2.05. The number of esters is 1. The fourth-order valence-electron chi connectivity index (χ4n) is 1.85. The van der Waals surface area contributed by atoms with E-state index in [-0.39, 0.29) is 5.97 Å². The van der Waals surface area contributed by atoms with Crippen molar-refractivity contribution in [3.63, 3.8) is 0 Å². The Balaban J connectivity index is 1.78. The topological polar surface area (TPSA) is 51.5 Å². The SMILES string of the molecule is COC(=O)CCCNCc1coc2ccccc12. The van der Waals surface area contributed by atoms with E-state index in [0.717, 1.165) is 36.0 Å². The zero-order valence-electron chi connectivity index (χ0n) is 10.4. The predicted molar refractivity (Wildman–Crippen MR) is 69.2 cm³/mol. The van der Waals surface area contributed by atoms with Gasteiger partial charge in [-0.25, -0.2) is 0 Å². The van der Waals surface area contributed by atoms with Crippen LogP contribution in [0.3, 0.4) is 0 Å². The zero-order chi connectivity index (χ0) is 12.8. The van der Waals surface area contributed by atoms with Crippen LogP contribution in [0.1, 0.15) is 18.4 Å². The molecule has 0 amide bonds. The van der Waals surface area contributed by atoms with Gasteiger partial charge in [0.05, 0.1) is 13.4 Å². The Morgan fingerprint density at radius 3 is 3.06 bits per heavy atom. The number of hydrogen-bond acceptors (Lipinski definition) is 4. The van der Waals surface area contributed by atoms with Crippen LogP contribution in [0.4, 0.5) is 0 Å². The number of rotatable bonds is 6. The highest BCUT2D eigenvalue weighted by molar-refractivity contribution is 5.80. The molecule has 0 spiro atoms. The lowest BCUT2D eigenvalue weighted by molar-refractivity contribution is -0.140. The van der Waals surface area contributed by atoms with Gasteiger partial charge in [0, 0.05) is 23.9 Å². The quantitative estimate of drug-likeness (QED) is 0.629. The Bertz CT molecular complexity index is 518. The second kappa shape index (κ2) is 6.21. The molecule has 0 saturated carbocycles. The van der Waals surface area contributed by atoms with Gasteiger partial charge in [0.1, 0.15) is 5.58 Å². The minimum atomic E-state index is -0.162. The first-order chi connectivity index (χ1) is 8.81. The predicted octanol–water partition coefficient (Wildman–Crippen LogP) is 2.48. The van der Waals surface area contributed by atoms with Crippen molar-refractivity contribution < 1.29 is 13.9 Å². The maximum absolute atomic E-state index is 10.9. The number of hydrogen-bond donors (Lipinski definition) is 1. The van der Waals surface area contributed by atoms with Gasteiger partial charge in [-0.1, -0.05) is 18.2 Å². The maximum Gasteiger partial charge on any atom is 0.305 e. The molecule has 96 valence electrons. The van der Waals surface area contributed by atoms with E-state index >= 15 is 0 Å². The summed E-state index contributed by atoms with van der Waals surface area (Å²) >= 11 is 0. The number of ether oxygens (including phenoxy) is 1. The van der Waals surface area contributed by atoms with Crippen molar-refractivity contribution >= 4 is 16.9 Å². The van der Waals surface area contributed by atoms with Crippen LogP contribution in [0.2, 0.25) is 0 Å². The van der Waals surface area contributed by atoms with Crippen molar-refractivity contribution in [1.82, 2.24) is 5.32 Å². The molecular weight excluding hydrogens is 230 g/mol. The fourth-order valence-corrected chi connectivity index (χ4v) is 1.85. The fraction of sp³-hybridized carbons (Fsp3) is 0.357. The Morgan fingerprint density at radius 1 is 1.39 bits per heavy atom. The van der Waals surface area contributed by atoms with Gasteiger partial charge in [0.15, 0.2) is 0 Å². The van der Waals surface area contributed by atoms with Crippen LogP contribution < -0.4 is 5.32 Å². The van der Waals surface area contributed by atoms with Gasteiger partial charge >= 0.3 is 5.97 Å². The van der Waals surface area contributed by atoms with Crippen molar-refractivity contribution in [2.75, 3.05) is 13.7 Å². The first kappa shape index (κ1) is 12.6. The number of benzene rings is 1. The van der Waals surface area contributed by atoms with Gasteiger partial charge < -0.3 is 14.5 Å². The van der Waals surface area contributed by atoms with Crippen LogP contribution in [0.5, 0.6) is 0 Å². The van der Waals surface area contributed by atoms with E-state index < -0.39 is 0 Å². The first-order valence-corrected chi connectivity index (χ1v) is 6.04. The molecule has 2 rings (SSSR count). The molecule has 4 nitrogen and oxygen atoms in total. The molecule has 0 fully saturated rings. The molecule has 0 aliphatic heterocycles. The van der Waals surface area contributed by atoms with Gasteiger partial charge in [-0.2, -0.15) is 0 Å². The molecule has 0 atom stereocenters. The summed E-state index contributed by atoms with van der Waals surface area (Å²) in [5.74, 6) is -0.162. The molecule has 1 aromatic carbocycles. The standard InChI is InChI=1S/C14H17NO3/c1-17-14(16)7-4-8-15-9-11-10-18-13-6-3-2-5-12(11)13/h2-3,5-6,10,15H,4,7-9H2,1H3. The van der Waals surface area contributed by atoms with Gasteiger partial charge in [-0.3, -0.25) is 4.79 Å². The van der Waals surface area contributed by atoms with E-state index in [9.17, 15) is 4.79 Å². The lowest BCUT2D eigenvalue weighted by atomic mass is 10.2. The normalized spacial score (nSPS) is 10.7. The minimum absolute atomic E-state index is 0.162. The van der Waals surface area contributed by atoms with Crippen molar-refractivity contribution in [2.45, 2.75) is 19.4 Å². The molecule has 0 saturated heterocycles. The van der Waals surface area contributed by atoms with E-state index in [2.05, 4.69) is 10.1 Å². The molecular formula is C14H17NO3. The lowest BCUT2D eigenvalue weighted by Crippen LogP contribution is -2.15. The van der Waals surface area contributed by atoms with E-state index in [1.54, 1.807) is 6.26 Å². The molecule has 0 unspecified atom stereocenters. The number of furan rings is 1. The summed E-state index contributed by atoms with van der Waals surface area (Å²) < 4.78 is 10.0. The highest BCUT2D eigenvalue weighted by Crippen LogP contribution is 2.20. The van der Waals surface area contributed by atoms with Gasteiger partial charge in [0.25, 0.3) is 0 Å². The van der Waals surface area contributed by atoms with Crippen LogP contribution in [0.25, 0.3) is 11.0 Å². The van der Waals surface area contributed by atoms with Gasteiger partial charge in [-0.05, 0) is 19.0 Å². The average Bonchev–Trinajstić information content (AvgIpc) is 2.81. The average molecular weight is 247 g/mol. The molecule has 1 heterocycles. The summed E-state index contributed by atoms with van der Waals surface area (Å²) in [6.45, 7) is 1.53. The summed E-state index contributed by atoms with van der Waals surface area (Å²) in [4.78, 5) is 10.9. The Morgan fingerprint density at radius 2 is 2.22 bits per heavy atom. The first-order valence-electron chi connectivity index (χ1n) is 6.04. The molecule has 18 heavy (non-hydrogen) atoms. The highest BCUT2D eigenvalue weighted by atomic mass is 16.5. The van der Waals surface area contributed by atoms with Crippen molar-refractivity contribution in [3.8, 4) is 0 Å². The third-order valence-electron chi connectivity index (χ3n) is 2.84. The van der Waals surface area contributed by atoms with Crippen molar-refractivity contribution in [2.24, 2.45) is 0 Å². The van der Waals surface area contributed by atoms with Crippen molar-refractivity contribution in [3.05, 3.63) is 36.1 Å². The summed E-state index contributed by atoms with van der Waals surface area (Å²) in [6.07, 6.45) is 3.01. The number of nitrogens with one attached hydrogen (secondary N) is 1. The Labute approximate surface area is 106 Å². The van der Waals surface area contributed by atoms with Gasteiger partial charge in [-0.15, -0.1) is 0 Å². The summed E-state index contributed by atoms with van der Waals surface area (Å²) in [6, 6.07) is 7.96. The number of para-hydroxylation sites is 1. The van der Waals surface area contributed by atoms with Crippen LogP contribution >= 0.6 is 0 Å². The molecule has 0 aliphatic rings. The lowest BCUT2D eigenvalue weighted by Gasteiger charge is -2.02. The molecule has 1 aromatic heterocycles. The van der Waals surface area contributed by atoms with Crippen LogP contribution in [0.15, 0.2) is 34.9 Å². The van der Waals surface area contributed by atoms with E-state index in [0.29, 0.717) is 6.42 Å². The second-order valence-corrected chi connectivity index (χ2v) is 4.11. The largest absolute Gasteiger partial charge is 0.469 e. The molecule has 4 heteroatoms. The molecule has 1 N–H and O–H groups in total. The van der Waals surface area contributed by atoms with Crippen molar-refractivity contribution in [1.29, 1.82) is 0 Å². The maximum atomic E-state index is 10.9. The number of fused-ring (bicyclic) bond motifs is 1. The zero-order valence-corrected chi connectivity index (χ0v) is 10.4. The Hall–Kier alpha value is -1.81. The van der Waals surface area contributed by atoms with Crippen LogP contribution in [0, 0.1) is 0 Å². The third kappa shape index (κ3) is 3.11. The number of methoxy groups -OCH3 is 1. The second-order valence-electron chi connectivity index (χ2n) is 4.11.